The summed E-state index contributed by atoms with van der Waals surface area (Å²) in [5.41, 5.74) is 0.0199. The van der Waals surface area contributed by atoms with Crippen LogP contribution in [0.5, 0.6) is 5.75 Å². The fraction of sp³-hybridized carbons (Fsp3) is 0.462. The Balaban J connectivity index is 2.71. The lowest BCUT2D eigenvalue weighted by Crippen LogP contribution is -2.36. The number of carbonyl (C=O) groups is 1. The maximum Gasteiger partial charge on any atom is 0.408 e. The summed E-state index contributed by atoms with van der Waals surface area (Å²) in [7, 11) is 0. The molecule has 1 aromatic carbocycles. The molecule has 1 atom stereocenters. The number of hydrogen-bond acceptors (Lipinski definition) is 4. The van der Waals surface area contributed by atoms with E-state index in [0.29, 0.717) is 5.56 Å². The molecule has 100 valence electrons. The predicted octanol–water partition coefficient (Wildman–Crippen LogP) is 1.95. The van der Waals surface area contributed by atoms with Crippen molar-refractivity contribution in [3.63, 3.8) is 0 Å². The Labute approximate surface area is 106 Å². The molecular formula is C13H19NO4. The summed E-state index contributed by atoms with van der Waals surface area (Å²) in [6.45, 7) is 5.00. The van der Waals surface area contributed by atoms with Gasteiger partial charge in [-0.1, -0.05) is 12.1 Å². The molecule has 5 heteroatoms. The maximum atomic E-state index is 11.6. The SMILES string of the molecule is CC(C)(C)OC(=O)NC(CO)c1cccc(O)c1. The van der Waals surface area contributed by atoms with Crippen LogP contribution in [0.4, 0.5) is 4.79 Å². The lowest BCUT2D eigenvalue weighted by atomic mass is 10.1. The summed E-state index contributed by atoms with van der Waals surface area (Å²) < 4.78 is 5.10. The summed E-state index contributed by atoms with van der Waals surface area (Å²) in [5.74, 6) is 0.0805. The standard InChI is InChI=1S/C13H19NO4/c1-13(2,3)18-12(17)14-11(8-15)9-5-4-6-10(16)7-9/h4-7,11,15-16H,8H2,1-3H3,(H,14,17). The van der Waals surface area contributed by atoms with Crippen molar-refractivity contribution in [2.45, 2.75) is 32.4 Å². The highest BCUT2D eigenvalue weighted by molar-refractivity contribution is 5.68. The molecule has 0 heterocycles. The molecule has 0 bridgehead atoms. The lowest BCUT2D eigenvalue weighted by Gasteiger charge is -2.23. The lowest BCUT2D eigenvalue weighted by molar-refractivity contribution is 0.0481. The number of alkyl carbamates (subject to hydrolysis) is 1. The zero-order valence-corrected chi connectivity index (χ0v) is 10.8. The van der Waals surface area contributed by atoms with Crippen LogP contribution in [0, 0.1) is 0 Å². The fourth-order valence-corrected chi connectivity index (χ4v) is 1.43. The third kappa shape index (κ3) is 4.63. The van der Waals surface area contributed by atoms with Crippen molar-refractivity contribution in [1.29, 1.82) is 0 Å². The number of nitrogens with one attached hydrogen (secondary N) is 1. The van der Waals surface area contributed by atoms with Crippen LogP contribution in [-0.4, -0.2) is 28.5 Å². The van der Waals surface area contributed by atoms with Crippen molar-refractivity contribution in [2.24, 2.45) is 0 Å². The Morgan fingerprint density at radius 1 is 1.44 bits per heavy atom. The zero-order chi connectivity index (χ0) is 13.8. The highest BCUT2D eigenvalue weighted by Gasteiger charge is 2.20. The van der Waals surface area contributed by atoms with E-state index < -0.39 is 17.7 Å². The second-order valence-corrected chi connectivity index (χ2v) is 4.98. The molecule has 0 saturated carbocycles. The molecular weight excluding hydrogens is 234 g/mol. The fourth-order valence-electron chi connectivity index (χ4n) is 1.43. The molecule has 0 aliphatic carbocycles. The van der Waals surface area contributed by atoms with Crippen LogP contribution in [-0.2, 0) is 4.74 Å². The minimum Gasteiger partial charge on any atom is -0.508 e. The molecule has 0 radical (unpaired) electrons. The van der Waals surface area contributed by atoms with E-state index in [1.165, 1.54) is 12.1 Å². The van der Waals surface area contributed by atoms with Gasteiger partial charge in [0.2, 0.25) is 0 Å². The molecule has 1 rings (SSSR count). The molecule has 0 aliphatic rings. The summed E-state index contributed by atoms with van der Waals surface area (Å²) in [6.07, 6.45) is -0.607. The Morgan fingerprint density at radius 2 is 2.11 bits per heavy atom. The normalized spacial score (nSPS) is 12.9. The first-order valence-electron chi connectivity index (χ1n) is 5.71. The van der Waals surface area contributed by atoms with E-state index in [2.05, 4.69) is 5.32 Å². The highest BCUT2D eigenvalue weighted by atomic mass is 16.6. The molecule has 1 amide bonds. The van der Waals surface area contributed by atoms with Gasteiger partial charge in [-0.2, -0.15) is 0 Å². The minimum atomic E-state index is -0.607. The molecule has 0 fully saturated rings. The van der Waals surface area contributed by atoms with Gasteiger partial charge in [-0.05, 0) is 38.5 Å². The number of phenols is 1. The number of amides is 1. The van der Waals surface area contributed by atoms with Gasteiger partial charge in [0, 0.05) is 0 Å². The summed E-state index contributed by atoms with van der Waals surface area (Å²) in [4.78, 5) is 11.6. The molecule has 18 heavy (non-hydrogen) atoms. The average Bonchev–Trinajstić information content (AvgIpc) is 2.23. The summed E-state index contributed by atoms with van der Waals surface area (Å²) >= 11 is 0. The van der Waals surface area contributed by atoms with Crippen molar-refractivity contribution in [2.75, 3.05) is 6.61 Å². The quantitative estimate of drug-likeness (QED) is 0.769. The van der Waals surface area contributed by atoms with Gasteiger partial charge < -0.3 is 20.3 Å². The number of aromatic hydroxyl groups is 1. The number of phenolic OH excluding ortho intramolecular Hbond substituents is 1. The molecule has 1 unspecified atom stereocenters. The predicted molar refractivity (Wildman–Crippen MR) is 67.3 cm³/mol. The Hall–Kier alpha value is -1.75. The summed E-state index contributed by atoms with van der Waals surface area (Å²) in [5, 5.41) is 21.2. The number of aliphatic hydroxyl groups excluding tert-OH is 1. The topological polar surface area (TPSA) is 78.8 Å². The largest absolute Gasteiger partial charge is 0.508 e. The van der Waals surface area contributed by atoms with Crippen molar-refractivity contribution >= 4 is 6.09 Å². The molecule has 0 spiro atoms. The number of hydrogen-bond donors (Lipinski definition) is 3. The van der Waals surface area contributed by atoms with Crippen LogP contribution in [0.1, 0.15) is 32.4 Å². The molecule has 0 aromatic heterocycles. The van der Waals surface area contributed by atoms with Crippen LogP contribution in [0.15, 0.2) is 24.3 Å². The highest BCUT2D eigenvalue weighted by Crippen LogP contribution is 2.18. The van der Waals surface area contributed by atoms with Crippen LogP contribution < -0.4 is 5.32 Å². The van der Waals surface area contributed by atoms with Gasteiger partial charge in [0.1, 0.15) is 11.4 Å². The van der Waals surface area contributed by atoms with Crippen molar-refractivity contribution in [1.82, 2.24) is 5.32 Å². The molecule has 0 saturated heterocycles. The van der Waals surface area contributed by atoms with Gasteiger partial charge in [0.25, 0.3) is 0 Å². The number of aliphatic hydroxyl groups is 1. The van der Waals surface area contributed by atoms with Crippen LogP contribution in [0.25, 0.3) is 0 Å². The number of ether oxygens (including phenoxy) is 1. The first kappa shape index (κ1) is 14.3. The second-order valence-electron chi connectivity index (χ2n) is 4.98. The minimum absolute atomic E-state index is 0.0805. The van der Waals surface area contributed by atoms with Crippen molar-refractivity contribution < 1.29 is 19.7 Å². The van der Waals surface area contributed by atoms with Gasteiger partial charge in [0.15, 0.2) is 0 Å². The van der Waals surface area contributed by atoms with Gasteiger partial charge in [-0.3, -0.25) is 0 Å². The van der Waals surface area contributed by atoms with Gasteiger partial charge >= 0.3 is 6.09 Å². The van der Waals surface area contributed by atoms with Gasteiger partial charge in [-0.25, -0.2) is 4.79 Å². The third-order valence-corrected chi connectivity index (χ3v) is 2.15. The molecule has 0 aliphatic heterocycles. The van der Waals surface area contributed by atoms with Gasteiger partial charge in [-0.15, -0.1) is 0 Å². The summed E-state index contributed by atoms with van der Waals surface area (Å²) in [6, 6.07) is 5.75. The molecule has 5 nitrogen and oxygen atoms in total. The Bertz CT molecular complexity index is 412. The van der Waals surface area contributed by atoms with E-state index in [1.54, 1.807) is 32.9 Å². The van der Waals surface area contributed by atoms with Gasteiger partial charge in [0.05, 0.1) is 12.6 Å². The van der Waals surface area contributed by atoms with E-state index in [-0.39, 0.29) is 12.4 Å². The first-order valence-corrected chi connectivity index (χ1v) is 5.71. The Morgan fingerprint density at radius 3 is 2.61 bits per heavy atom. The first-order chi connectivity index (χ1) is 8.31. The van der Waals surface area contributed by atoms with E-state index in [9.17, 15) is 15.0 Å². The van der Waals surface area contributed by atoms with Crippen LogP contribution in [0.3, 0.4) is 0 Å². The van der Waals surface area contributed by atoms with E-state index in [0.717, 1.165) is 0 Å². The second kappa shape index (κ2) is 5.73. The smallest absolute Gasteiger partial charge is 0.408 e. The van der Waals surface area contributed by atoms with Crippen LogP contribution in [0.2, 0.25) is 0 Å². The average molecular weight is 253 g/mol. The zero-order valence-electron chi connectivity index (χ0n) is 10.8. The maximum absolute atomic E-state index is 11.6. The van der Waals surface area contributed by atoms with Crippen molar-refractivity contribution in [3.05, 3.63) is 29.8 Å². The number of carbonyl (C=O) groups excluding carboxylic acids is 1. The van der Waals surface area contributed by atoms with E-state index in [4.69, 9.17) is 4.74 Å². The number of benzene rings is 1. The monoisotopic (exact) mass is 253 g/mol. The van der Waals surface area contributed by atoms with E-state index >= 15 is 0 Å². The molecule has 1 aromatic rings. The number of rotatable bonds is 3. The van der Waals surface area contributed by atoms with Crippen LogP contribution >= 0.6 is 0 Å². The van der Waals surface area contributed by atoms with E-state index in [1.807, 2.05) is 0 Å². The third-order valence-electron chi connectivity index (χ3n) is 2.15. The molecule has 3 N–H and O–H groups in total. The Kier molecular flexibility index (Phi) is 4.55. The van der Waals surface area contributed by atoms with Crippen molar-refractivity contribution in [3.8, 4) is 5.75 Å².